The average molecular weight is 392 g/mol. The van der Waals surface area contributed by atoms with Crippen molar-refractivity contribution in [3.8, 4) is 6.07 Å². The maximum Gasteiger partial charge on any atom is 0.269 e. The van der Waals surface area contributed by atoms with Gasteiger partial charge in [0.2, 0.25) is 0 Å². The third-order valence-corrected chi connectivity index (χ3v) is 5.53. The van der Waals surface area contributed by atoms with E-state index in [2.05, 4.69) is 16.7 Å². The summed E-state index contributed by atoms with van der Waals surface area (Å²) >= 11 is 0. The highest BCUT2D eigenvalue weighted by atomic mass is 16.6. The Hall–Kier alpha value is -3.24. The molecule has 3 atom stereocenters. The summed E-state index contributed by atoms with van der Waals surface area (Å²) in [6.07, 6.45) is 3.18. The van der Waals surface area contributed by atoms with Crippen LogP contribution in [0.5, 0.6) is 0 Å². The van der Waals surface area contributed by atoms with Crippen molar-refractivity contribution in [3.63, 3.8) is 0 Å². The number of carbonyl (C=O) groups is 1. The van der Waals surface area contributed by atoms with Gasteiger partial charge in [0.05, 0.1) is 17.0 Å². The lowest BCUT2D eigenvalue weighted by Gasteiger charge is -2.41. The minimum Gasteiger partial charge on any atom is -0.346 e. The van der Waals surface area contributed by atoms with Gasteiger partial charge in [-0.2, -0.15) is 5.26 Å². The number of nitrogens with one attached hydrogen (secondary N) is 2. The van der Waals surface area contributed by atoms with Crippen LogP contribution in [-0.4, -0.2) is 22.4 Å². The first-order chi connectivity index (χ1) is 13.9. The van der Waals surface area contributed by atoms with Gasteiger partial charge >= 0.3 is 0 Å². The number of benzene rings is 2. The van der Waals surface area contributed by atoms with Crippen molar-refractivity contribution < 1.29 is 9.72 Å². The quantitative estimate of drug-likeness (QED) is 0.573. The first-order valence-electron chi connectivity index (χ1n) is 9.74. The Balaban J connectivity index is 1.77. The van der Waals surface area contributed by atoms with E-state index in [9.17, 15) is 20.2 Å². The largest absolute Gasteiger partial charge is 0.346 e. The summed E-state index contributed by atoms with van der Waals surface area (Å²) in [5.74, 6) is -0.333. The molecule has 0 unspecified atom stereocenters. The molecule has 150 valence electrons. The molecule has 7 heteroatoms. The van der Waals surface area contributed by atoms with E-state index in [1.54, 1.807) is 0 Å². The third-order valence-electron chi connectivity index (χ3n) is 5.53. The van der Waals surface area contributed by atoms with E-state index in [1.807, 2.05) is 37.3 Å². The number of hydrogen-bond acceptors (Lipinski definition) is 5. The molecule has 2 aromatic carbocycles. The lowest BCUT2D eigenvalue weighted by Crippen LogP contribution is -2.62. The topological polar surface area (TPSA) is 108 Å². The van der Waals surface area contributed by atoms with E-state index >= 15 is 0 Å². The van der Waals surface area contributed by atoms with Crippen LogP contribution in [0.1, 0.15) is 54.6 Å². The van der Waals surface area contributed by atoms with Crippen molar-refractivity contribution in [2.24, 2.45) is 0 Å². The Labute approximate surface area is 169 Å². The maximum absolute atomic E-state index is 12.7. The van der Waals surface area contributed by atoms with Crippen molar-refractivity contribution in [3.05, 3.63) is 75.8 Å². The number of non-ortho nitro benzene ring substituents is 1. The molecule has 1 amide bonds. The molecular weight excluding hydrogens is 368 g/mol. The minimum atomic E-state index is -0.871. The van der Waals surface area contributed by atoms with Crippen LogP contribution >= 0.6 is 0 Å². The number of nitro groups is 1. The van der Waals surface area contributed by atoms with E-state index in [0.717, 1.165) is 18.4 Å². The zero-order chi connectivity index (χ0) is 20.9. The van der Waals surface area contributed by atoms with Gasteiger partial charge in [0.1, 0.15) is 5.54 Å². The summed E-state index contributed by atoms with van der Waals surface area (Å²) in [6.45, 7) is 2.01. The molecule has 29 heavy (non-hydrogen) atoms. The summed E-state index contributed by atoms with van der Waals surface area (Å²) in [4.78, 5) is 23.0. The molecule has 0 aliphatic heterocycles. The summed E-state index contributed by atoms with van der Waals surface area (Å²) < 4.78 is 0. The van der Waals surface area contributed by atoms with Crippen LogP contribution in [0.4, 0.5) is 5.69 Å². The van der Waals surface area contributed by atoms with Crippen molar-refractivity contribution in [1.82, 2.24) is 10.6 Å². The Bertz CT molecular complexity index is 908. The molecule has 2 N–H and O–H groups in total. The molecule has 1 saturated carbocycles. The van der Waals surface area contributed by atoms with Gasteiger partial charge in [-0.15, -0.1) is 0 Å². The number of carbonyl (C=O) groups excluding carboxylic acids is 1. The highest BCUT2D eigenvalue weighted by Crippen LogP contribution is 2.31. The Morgan fingerprint density at radius 3 is 2.52 bits per heavy atom. The van der Waals surface area contributed by atoms with E-state index < -0.39 is 10.5 Å². The summed E-state index contributed by atoms with van der Waals surface area (Å²) in [5.41, 5.74) is 0.477. The molecule has 0 spiro atoms. The van der Waals surface area contributed by atoms with Crippen LogP contribution in [0.2, 0.25) is 0 Å². The number of nitro benzene ring substituents is 1. The lowest BCUT2D eigenvalue weighted by molar-refractivity contribution is -0.384. The Morgan fingerprint density at radius 1 is 1.21 bits per heavy atom. The Kier molecular flexibility index (Phi) is 6.25. The molecule has 0 aromatic heterocycles. The second kappa shape index (κ2) is 8.84. The van der Waals surface area contributed by atoms with Gasteiger partial charge in [0, 0.05) is 23.7 Å². The highest BCUT2D eigenvalue weighted by molar-refractivity contribution is 5.94. The molecule has 7 nitrogen and oxygen atoms in total. The second-order valence-corrected chi connectivity index (χ2v) is 7.44. The van der Waals surface area contributed by atoms with Gasteiger partial charge in [0.15, 0.2) is 0 Å². The van der Waals surface area contributed by atoms with E-state index in [0.29, 0.717) is 18.4 Å². The van der Waals surface area contributed by atoms with Crippen LogP contribution in [0.3, 0.4) is 0 Å². The van der Waals surface area contributed by atoms with Gasteiger partial charge in [-0.3, -0.25) is 20.2 Å². The number of nitriles is 1. The molecule has 0 heterocycles. The zero-order valence-corrected chi connectivity index (χ0v) is 16.3. The molecule has 1 fully saturated rings. The monoisotopic (exact) mass is 392 g/mol. The number of hydrogen-bond donors (Lipinski definition) is 2. The van der Waals surface area contributed by atoms with Crippen LogP contribution in [0, 0.1) is 21.4 Å². The molecule has 0 saturated heterocycles. The van der Waals surface area contributed by atoms with E-state index in [1.165, 1.54) is 24.3 Å². The van der Waals surface area contributed by atoms with Gasteiger partial charge in [0.25, 0.3) is 11.6 Å². The molecule has 0 bridgehead atoms. The van der Waals surface area contributed by atoms with Crippen molar-refractivity contribution >= 4 is 11.6 Å². The fourth-order valence-corrected chi connectivity index (χ4v) is 3.89. The number of nitrogens with zero attached hydrogens (tertiary/aromatic N) is 2. The standard InChI is InChI=1S/C22H24N4O3/c1-16(17-7-3-2-4-8-17)25-22(15-23)14-6-5-9-20(22)24-21(27)18-10-12-19(13-11-18)26(28)29/h2-4,7-8,10-13,16,20,25H,5-6,9,14H2,1H3,(H,24,27)/t16-,20+,22-/m1/s1. The molecule has 3 rings (SSSR count). The van der Waals surface area contributed by atoms with Crippen molar-refractivity contribution in [2.75, 3.05) is 0 Å². The van der Waals surface area contributed by atoms with Crippen molar-refractivity contribution in [1.29, 1.82) is 5.26 Å². The van der Waals surface area contributed by atoms with Gasteiger partial charge in [-0.05, 0) is 37.5 Å². The molecular formula is C22H24N4O3. The normalized spacial score (nSPS) is 22.3. The van der Waals surface area contributed by atoms with Crippen molar-refractivity contribution in [2.45, 2.75) is 50.2 Å². The summed E-state index contributed by atoms with van der Waals surface area (Å²) in [7, 11) is 0. The maximum atomic E-state index is 12.7. The first kappa shape index (κ1) is 20.5. The van der Waals surface area contributed by atoms with Gasteiger partial charge in [-0.25, -0.2) is 0 Å². The number of rotatable bonds is 6. The molecule has 1 aliphatic rings. The summed E-state index contributed by atoms with van der Waals surface area (Å²) in [5, 5.41) is 27.3. The zero-order valence-electron chi connectivity index (χ0n) is 16.3. The Morgan fingerprint density at radius 2 is 1.90 bits per heavy atom. The van der Waals surface area contributed by atoms with Crippen LogP contribution in [0.25, 0.3) is 0 Å². The fourth-order valence-electron chi connectivity index (χ4n) is 3.89. The molecule has 1 aliphatic carbocycles. The van der Waals surface area contributed by atoms with E-state index in [-0.39, 0.29) is 23.7 Å². The SMILES string of the molecule is C[C@@H](N[C@@]1(C#N)CCCC[C@@H]1NC(=O)c1ccc([N+](=O)[O-])cc1)c1ccccc1. The lowest BCUT2D eigenvalue weighted by atomic mass is 9.77. The van der Waals surface area contributed by atoms with Crippen LogP contribution in [-0.2, 0) is 0 Å². The fraction of sp³-hybridized carbons (Fsp3) is 0.364. The van der Waals surface area contributed by atoms with Gasteiger partial charge < -0.3 is 5.32 Å². The van der Waals surface area contributed by atoms with Gasteiger partial charge in [-0.1, -0.05) is 43.2 Å². The number of amides is 1. The minimum absolute atomic E-state index is 0.0484. The van der Waals surface area contributed by atoms with Crippen LogP contribution in [0.15, 0.2) is 54.6 Å². The molecule has 2 aromatic rings. The summed E-state index contributed by atoms with van der Waals surface area (Å²) in [6, 6.07) is 17.4. The first-order valence-corrected chi connectivity index (χ1v) is 9.74. The second-order valence-electron chi connectivity index (χ2n) is 7.44. The third kappa shape index (κ3) is 4.61. The van der Waals surface area contributed by atoms with E-state index in [4.69, 9.17) is 0 Å². The highest BCUT2D eigenvalue weighted by Gasteiger charge is 2.43. The molecule has 0 radical (unpaired) electrons. The predicted octanol–water partition coefficient (Wildman–Crippen LogP) is 3.88. The smallest absolute Gasteiger partial charge is 0.269 e. The average Bonchev–Trinajstić information content (AvgIpc) is 2.75. The predicted molar refractivity (Wildman–Crippen MR) is 109 cm³/mol. The van der Waals surface area contributed by atoms with Crippen LogP contribution < -0.4 is 10.6 Å².